The Morgan fingerprint density at radius 1 is 1.25 bits per heavy atom. The highest BCUT2D eigenvalue weighted by molar-refractivity contribution is 5.59. The van der Waals surface area contributed by atoms with Crippen molar-refractivity contribution in [3.8, 4) is 5.75 Å². The second-order valence-corrected chi connectivity index (χ2v) is 5.90. The Labute approximate surface area is 123 Å². The summed E-state index contributed by atoms with van der Waals surface area (Å²) in [5, 5.41) is 3.57. The maximum Gasteiger partial charge on any atom is 0.123 e. The lowest BCUT2D eigenvalue weighted by Gasteiger charge is -2.27. The number of likely N-dealkylation sites (N-methyl/N-ethyl adjacent to an activating group) is 1. The second kappa shape index (κ2) is 8.00. The number of anilines is 2. The van der Waals surface area contributed by atoms with Crippen LogP contribution >= 0.6 is 0 Å². The monoisotopic (exact) mass is 279 g/mol. The molecule has 0 bridgehead atoms. The van der Waals surface area contributed by atoms with Crippen LogP contribution in [0.1, 0.15) is 27.2 Å². The predicted octanol–water partition coefficient (Wildman–Crippen LogP) is 3.06. The highest BCUT2D eigenvalue weighted by Crippen LogP contribution is 2.24. The smallest absolute Gasteiger partial charge is 0.123 e. The Morgan fingerprint density at radius 2 is 1.95 bits per heavy atom. The summed E-state index contributed by atoms with van der Waals surface area (Å²) < 4.78 is 5.67. The van der Waals surface area contributed by atoms with Crippen molar-refractivity contribution in [3.05, 3.63) is 18.2 Å². The van der Waals surface area contributed by atoms with Gasteiger partial charge in [-0.15, -0.1) is 0 Å². The third-order valence-corrected chi connectivity index (χ3v) is 3.12. The van der Waals surface area contributed by atoms with Gasteiger partial charge in [0.25, 0.3) is 0 Å². The molecule has 0 aliphatic heterocycles. The SMILES string of the molecule is CCCOc1cc(N)cc(NC(CN(C)C)C(C)C)c1. The minimum absolute atomic E-state index is 0.380. The molecule has 3 N–H and O–H groups in total. The van der Waals surface area contributed by atoms with Crippen molar-refractivity contribution >= 4 is 11.4 Å². The standard InChI is InChI=1S/C16H29N3O/c1-6-7-20-15-9-13(17)8-14(10-15)18-16(12(2)3)11-19(4)5/h8-10,12,16,18H,6-7,11,17H2,1-5H3. The maximum atomic E-state index is 5.95. The average Bonchev–Trinajstić information content (AvgIpc) is 2.34. The van der Waals surface area contributed by atoms with E-state index >= 15 is 0 Å². The minimum Gasteiger partial charge on any atom is -0.493 e. The Hall–Kier alpha value is -1.42. The molecule has 1 aromatic rings. The third-order valence-electron chi connectivity index (χ3n) is 3.12. The fourth-order valence-corrected chi connectivity index (χ4v) is 2.04. The van der Waals surface area contributed by atoms with Gasteiger partial charge in [0, 0.05) is 36.1 Å². The number of ether oxygens (including phenoxy) is 1. The van der Waals surface area contributed by atoms with Crippen molar-refractivity contribution in [2.24, 2.45) is 5.92 Å². The molecule has 1 atom stereocenters. The van der Waals surface area contributed by atoms with E-state index in [1.165, 1.54) is 0 Å². The molecule has 0 saturated heterocycles. The highest BCUT2D eigenvalue weighted by Gasteiger charge is 2.14. The zero-order valence-electron chi connectivity index (χ0n) is 13.4. The van der Waals surface area contributed by atoms with E-state index in [1.54, 1.807) is 0 Å². The Morgan fingerprint density at radius 3 is 2.50 bits per heavy atom. The number of rotatable bonds is 8. The van der Waals surface area contributed by atoms with Crippen LogP contribution in [0.2, 0.25) is 0 Å². The minimum atomic E-state index is 0.380. The maximum absolute atomic E-state index is 5.95. The first-order chi connectivity index (χ1) is 9.42. The molecule has 0 radical (unpaired) electrons. The molecule has 0 aliphatic carbocycles. The summed E-state index contributed by atoms with van der Waals surface area (Å²) in [6, 6.07) is 6.24. The summed E-state index contributed by atoms with van der Waals surface area (Å²) in [4.78, 5) is 2.19. The molecule has 20 heavy (non-hydrogen) atoms. The van der Waals surface area contributed by atoms with Crippen molar-refractivity contribution in [3.63, 3.8) is 0 Å². The van der Waals surface area contributed by atoms with Gasteiger partial charge in [0.2, 0.25) is 0 Å². The largest absolute Gasteiger partial charge is 0.493 e. The van der Waals surface area contributed by atoms with Crippen molar-refractivity contribution < 1.29 is 4.74 Å². The third kappa shape index (κ3) is 5.70. The lowest BCUT2D eigenvalue weighted by molar-refractivity contribution is 0.317. The fourth-order valence-electron chi connectivity index (χ4n) is 2.04. The van der Waals surface area contributed by atoms with Crippen LogP contribution in [0.5, 0.6) is 5.75 Å². The van der Waals surface area contributed by atoms with E-state index in [9.17, 15) is 0 Å². The van der Waals surface area contributed by atoms with Gasteiger partial charge in [-0.25, -0.2) is 0 Å². The van der Waals surface area contributed by atoms with E-state index in [0.717, 1.165) is 30.1 Å². The number of nitrogens with two attached hydrogens (primary N) is 1. The summed E-state index contributed by atoms with van der Waals surface area (Å²) in [6.07, 6.45) is 0.993. The van der Waals surface area contributed by atoms with Crippen LogP contribution in [0.4, 0.5) is 11.4 Å². The van der Waals surface area contributed by atoms with E-state index in [4.69, 9.17) is 10.5 Å². The molecule has 1 aromatic carbocycles. The molecule has 4 heteroatoms. The zero-order valence-corrected chi connectivity index (χ0v) is 13.4. The molecular formula is C16H29N3O. The van der Waals surface area contributed by atoms with E-state index < -0.39 is 0 Å². The molecule has 0 aromatic heterocycles. The second-order valence-electron chi connectivity index (χ2n) is 5.90. The van der Waals surface area contributed by atoms with Gasteiger partial charge < -0.3 is 20.7 Å². The molecular weight excluding hydrogens is 250 g/mol. The Balaban J connectivity index is 2.80. The quantitative estimate of drug-likeness (QED) is 0.718. The van der Waals surface area contributed by atoms with Gasteiger partial charge in [-0.3, -0.25) is 0 Å². The van der Waals surface area contributed by atoms with Crippen LogP contribution in [-0.4, -0.2) is 38.2 Å². The van der Waals surface area contributed by atoms with Crippen LogP contribution in [0.15, 0.2) is 18.2 Å². The lowest BCUT2D eigenvalue weighted by atomic mass is 10.0. The van der Waals surface area contributed by atoms with Crippen LogP contribution in [-0.2, 0) is 0 Å². The molecule has 0 saturated carbocycles. The summed E-state index contributed by atoms with van der Waals surface area (Å²) in [5.41, 5.74) is 7.71. The number of benzene rings is 1. The Kier molecular flexibility index (Phi) is 6.65. The number of nitrogens with one attached hydrogen (secondary N) is 1. The van der Waals surface area contributed by atoms with Crippen molar-refractivity contribution in [2.75, 3.05) is 38.3 Å². The normalized spacial score (nSPS) is 12.8. The number of hydrogen-bond acceptors (Lipinski definition) is 4. The van der Waals surface area contributed by atoms with Crippen LogP contribution in [0, 0.1) is 5.92 Å². The number of nitrogens with zero attached hydrogens (tertiary/aromatic N) is 1. The average molecular weight is 279 g/mol. The summed E-state index contributed by atoms with van der Waals surface area (Å²) in [5.74, 6) is 1.38. The molecule has 0 heterocycles. The van der Waals surface area contributed by atoms with Gasteiger partial charge in [-0.1, -0.05) is 20.8 Å². The topological polar surface area (TPSA) is 50.5 Å². The van der Waals surface area contributed by atoms with Crippen LogP contribution < -0.4 is 15.8 Å². The molecule has 4 nitrogen and oxygen atoms in total. The molecule has 0 aliphatic rings. The lowest BCUT2D eigenvalue weighted by Crippen LogP contribution is -2.36. The van der Waals surface area contributed by atoms with E-state index in [-0.39, 0.29) is 0 Å². The zero-order chi connectivity index (χ0) is 15.1. The van der Waals surface area contributed by atoms with Gasteiger partial charge in [-0.2, -0.15) is 0 Å². The van der Waals surface area contributed by atoms with E-state index in [0.29, 0.717) is 18.6 Å². The first kappa shape index (κ1) is 16.6. The highest BCUT2D eigenvalue weighted by atomic mass is 16.5. The van der Waals surface area contributed by atoms with Crippen molar-refractivity contribution in [2.45, 2.75) is 33.2 Å². The van der Waals surface area contributed by atoms with Gasteiger partial charge in [0.1, 0.15) is 5.75 Å². The van der Waals surface area contributed by atoms with Gasteiger partial charge >= 0.3 is 0 Å². The molecule has 0 spiro atoms. The Bertz CT molecular complexity index is 405. The van der Waals surface area contributed by atoms with E-state index in [1.807, 2.05) is 18.2 Å². The van der Waals surface area contributed by atoms with E-state index in [2.05, 4.69) is 45.1 Å². The molecule has 0 amide bonds. The summed E-state index contributed by atoms with van der Waals surface area (Å²) in [7, 11) is 4.18. The first-order valence-corrected chi connectivity index (χ1v) is 7.37. The van der Waals surface area contributed by atoms with Crippen LogP contribution in [0.3, 0.4) is 0 Å². The number of nitrogen functional groups attached to an aromatic ring is 1. The summed E-state index contributed by atoms with van der Waals surface area (Å²) in [6.45, 7) is 8.24. The first-order valence-electron chi connectivity index (χ1n) is 7.37. The van der Waals surface area contributed by atoms with Crippen molar-refractivity contribution in [1.82, 2.24) is 4.90 Å². The van der Waals surface area contributed by atoms with Crippen LogP contribution in [0.25, 0.3) is 0 Å². The molecule has 114 valence electrons. The fraction of sp³-hybridized carbons (Fsp3) is 0.625. The number of hydrogen-bond donors (Lipinski definition) is 2. The van der Waals surface area contributed by atoms with Gasteiger partial charge in [0.15, 0.2) is 0 Å². The predicted molar refractivity (Wildman–Crippen MR) is 87.4 cm³/mol. The van der Waals surface area contributed by atoms with Crippen molar-refractivity contribution in [1.29, 1.82) is 0 Å². The molecule has 1 rings (SSSR count). The van der Waals surface area contributed by atoms with Gasteiger partial charge in [-0.05, 0) is 32.5 Å². The summed E-state index contributed by atoms with van der Waals surface area (Å²) >= 11 is 0. The van der Waals surface area contributed by atoms with Gasteiger partial charge in [0.05, 0.1) is 6.61 Å². The molecule has 0 fully saturated rings. The molecule has 1 unspecified atom stereocenters.